The van der Waals surface area contributed by atoms with E-state index in [0.29, 0.717) is 12.0 Å². The number of ketones is 1. The molecule has 0 bridgehead atoms. The second-order valence-electron chi connectivity index (χ2n) is 6.66. The van der Waals surface area contributed by atoms with Gasteiger partial charge in [0.05, 0.1) is 12.1 Å². The highest BCUT2D eigenvalue weighted by Gasteiger charge is 2.38. The topological polar surface area (TPSA) is 38.3 Å². The molecule has 3 nitrogen and oxygen atoms in total. The average molecular weight is 287 g/mol. The molecule has 1 heterocycles. The van der Waals surface area contributed by atoms with Crippen molar-refractivity contribution in [2.45, 2.75) is 64.1 Å². The van der Waals surface area contributed by atoms with E-state index in [0.717, 1.165) is 17.7 Å². The van der Waals surface area contributed by atoms with Gasteiger partial charge in [0.2, 0.25) is 0 Å². The van der Waals surface area contributed by atoms with Crippen molar-refractivity contribution >= 4 is 5.78 Å². The highest BCUT2D eigenvalue weighted by atomic mass is 16.5. The molecule has 2 fully saturated rings. The number of hydrogen-bond donors (Lipinski definition) is 1. The molecule has 3 heteroatoms. The lowest BCUT2D eigenvalue weighted by molar-refractivity contribution is 0.0948. The summed E-state index contributed by atoms with van der Waals surface area (Å²) in [4.78, 5) is 12.7. The van der Waals surface area contributed by atoms with Crippen molar-refractivity contribution in [1.29, 1.82) is 0 Å². The fraction of sp³-hybridized carbons (Fsp3) is 0.611. The number of ether oxygens (including phenoxy) is 1. The molecular formula is C18H25NO2. The molecule has 1 N–H and O–H groups in total. The lowest BCUT2D eigenvalue weighted by Crippen LogP contribution is -2.37. The van der Waals surface area contributed by atoms with Crippen LogP contribution in [0.3, 0.4) is 0 Å². The third kappa shape index (κ3) is 3.29. The Kier molecular flexibility index (Phi) is 4.29. The summed E-state index contributed by atoms with van der Waals surface area (Å²) in [5.41, 5.74) is 0.768. The largest absolute Gasteiger partial charge is 0.491 e. The van der Waals surface area contributed by atoms with Crippen LogP contribution in [0, 0.1) is 5.92 Å². The second kappa shape index (κ2) is 6.18. The van der Waals surface area contributed by atoms with E-state index >= 15 is 0 Å². The van der Waals surface area contributed by atoms with Gasteiger partial charge in [-0.1, -0.05) is 25.0 Å². The molecule has 2 aliphatic rings. The van der Waals surface area contributed by atoms with Crippen LogP contribution < -0.4 is 10.1 Å². The zero-order chi connectivity index (χ0) is 14.8. The first-order chi connectivity index (χ1) is 10.1. The highest BCUT2D eigenvalue weighted by molar-refractivity contribution is 6.00. The molecule has 1 aromatic carbocycles. The Morgan fingerprint density at radius 3 is 2.86 bits per heavy atom. The van der Waals surface area contributed by atoms with Gasteiger partial charge < -0.3 is 10.1 Å². The molecule has 3 unspecified atom stereocenters. The van der Waals surface area contributed by atoms with Crippen molar-refractivity contribution in [3.05, 3.63) is 29.8 Å². The van der Waals surface area contributed by atoms with Crippen LogP contribution in [0.1, 0.15) is 56.3 Å². The number of fused-ring (bicyclic) bond motifs is 1. The van der Waals surface area contributed by atoms with Crippen LogP contribution in [0.25, 0.3) is 0 Å². The lowest BCUT2D eigenvalue weighted by Gasteiger charge is -2.24. The Morgan fingerprint density at radius 2 is 2.10 bits per heavy atom. The predicted octanol–water partition coefficient (Wildman–Crippen LogP) is 3.58. The summed E-state index contributed by atoms with van der Waals surface area (Å²) in [5, 5.41) is 3.56. The van der Waals surface area contributed by atoms with E-state index in [-0.39, 0.29) is 17.9 Å². The fourth-order valence-electron chi connectivity index (χ4n) is 3.72. The number of benzene rings is 1. The Balaban J connectivity index is 1.70. The van der Waals surface area contributed by atoms with Gasteiger partial charge in [0, 0.05) is 11.6 Å². The van der Waals surface area contributed by atoms with Crippen molar-refractivity contribution in [3.8, 4) is 5.75 Å². The minimum Gasteiger partial charge on any atom is -0.491 e. The Bertz CT molecular complexity index is 498. The molecule has 1 saturated heterocycles. The zero-order valence-corrected chi connectivity index (χ0v) is 13.0. The van der Waals surface area contributed by atoms with Crippen LogP contribution in [0.15, 0.2) is 24.3 Å². The first-order valence-corrected chi connectivity index (χ1v) is 8.20. The molecule has 21 heavy (non-hydrogen) atoms. The second-order valence-corrected chi connectivity index (χ2v) is 6.66. The monoisotopic (exact) mass is 287 g/mol. The quantitative estimate of drug-likeness (QED) is 0.860. The number of carbonyl (C=O) groups is 1. The third-order valence-electron chi connectivity index (χ3n) is 4.67. The van der Waals surface area contributed by atoms with Crippen LogP contribution in [-0.2, 0) is 0 Å². The number of rotatable bonds is 4. The highest BCUT2D eigenvalue weighted by Crippen LogP contribution is 2.34. The predicted molar refractivity (Wildman–Crippen MR) is 83.8 cm³/mol. The number of nitrogens with one attached hydrogen (secondary N) is 1. The molecule has 0 amide bonds. The zero-order valence-electron chi connectivity index (χ0n) is 13.0. The minimum absolute atomic E-state index is 0.00704. The maximum atomic E-state index is 12.7. The van der Waals surface area contributed by atoms with Crippen LogP contribution in [0.5, 0.6) is 5.75 Å². The smallest absolute Gasteiger partial charge is 0.179 e. The van der Waals surface area contributed by atoms with E-state index < -0.39 is 0 Å². The van der Waals surface area contributed by atoms with E-state index in [1.165, 1.54) is 25.7 Å². The molecule has 3 rings (SSSR count). The standard InChI is InChI=1S/C18H25NO2/c1-12(2)21-15-8-5-7-14(10-15)18(20)17-11-13-6-3-4-9-16(13)19-17/h5,7-8,10,12-13,16-17,19H,3-4,6,9,11H2,1-2H3. The molecule has 0 radical (unpaired) electrons. The maximum Gasteiger partial charge on any atom is 0.179 e. The molecule has 1 aliphatic carbocycles. The van der Waals surface area contributed by atoms with Crippen LogP contribution in [-0.4, -0.2) is 24.0 Å². The summed E-state index contributed by atoms with van der Waals surface area (Å²) >= 11 is 0. The van der Waals surface area contributed by atoms with Gasteiger partial charge in [-0.2, -0.15) is 0 Å². The Morgan fingerprint density at radius 1 is 1.29 bits per heavy atom. The molecule has 1 saturated carbocycles. The summed E-state index contributed by atoms with van der Waals surface area (Å²) in [6, 6.07) is 8.16. The van der Waals surface area contributed by atoms with Gasteiger partial charge in [-0.3, -0.25) is 4.79 Å². The third-order valence-corrected chi connectivity index (χ3v) is 4.67. The number of carbonyl (C=O) groups excluding carboxylic acids is 1. The average Bonchev–Trinajstić information content (AvgIpc) is 2.90. The van der Waals surface area contributed by atoms with Crippen LogP contribution in [0.4, 0.5) is 0 Å². The molecule has 3 atom stereocenters. The van der Waals surface area contributed by atoms with Gasteiger partial charge in [0.15, 0.2) is 5.78 Å². The fourth-order valence-corrected chi connectivity index (χ4v) is 3.72. The van der Waals surface area contributed by atoms with Crippen molar-refractivity contribution in [2.24, 2.45) is 5.92 Å². The van der Waals surface area contributed by atoms with Gasteiger partial charge in [0.25, 0.3) is 0 Å². The molecule has 0 spiro atoms. The van der Waals surface area contributed by atoms with Crippen LogP contribution in [0.2, 0.25) is 0 Å². The van der Waals surface area contributed by atoms with Gasteiger partial charge in [-0.05, 0) is 51.2 Å². The van der Waals surface area contributed by atoms with Crippen molar-refractivity contribution in [3.63, 3.8) is 0 Å². The van der Waals surface area contributed by atoms with E-state index in [9.17, 15) is 4.79 Å². The van der Waals surface area contributed by atoms with Crippen molar-refractivity contribution in [1.82, 2.24) is 5.32 Å². The van der Waals surface area contributed by atoms with Crippen LogP contribution >= 0.6 is 0 Å². The minimum atomic E-state index is -0.00704. The molecule has 114 valence electrons. The van der Waals surface area contributed by atoms with E-state index in [1.54, 1.807) is 0 Å². The first-order valence-electron chi connectivity index (χ1n) is 8.20. The summed E-state index contributed by atoms with van der Waals surface area (Å²) < 4.78 is 5.69. The SMILES string of the molecule is CC(C)Oc1cccc(C(=O)C2CC3CCCCC3N2)c1. The Hall–Kier alpha value is -1.35. The van der Waals surface area contributed by atoms with E-state index in [4.69, 9.17) is 4.74 Å². The maximum absolute atomic E-state index is 12.7. The van der Waals surface area contributed by atoms with Gasteiger partial charge in [-0.15, -0.1) is 0 Å². The van der Waals surface area contributed by atoms with E-state index in [1.807, 2.05) is 38.1 Å². The molecule has 1 aromatic rings. The number of hydrogen-bond acceptors (Lipinski definition) is 3. The summed E-state index contributed by atoms with van der Waals surface area (Å²) in [6.45, 7) is 4.00. The van der Waals surface area contributed by atoms with Gasteiger partial charge >= 0.3 is 0 Å². The normalized spacial score (nSPS) is 28.4. The molecular weight excluding hydrogens is 262 g/mol. The summed E-state index contributed by atoms with van der Waals surface area (Å²) in [5.74, 6) is 1.70. The number of Topliss-reactive ketones (excluding diaryl/α,β-unsaturated/α-hetero) is 1. The molecule has 1 aliphatic heterocycles. The Labute approximate surface area is 127 Å². The summed E-state index contributed by atoms with van der Waals surface area (Å²) in [7, 11) is 0. The lowest BCUT2D eigenvalue weighted by atomic mass is 9.84. The van der Waals surface area contributed by atoms with E-state index in [2.05, 4.69) is 5.32 Å². The summed E-state index contributed by atoms with van der Waals surface area (Å²) in [6.07, 6.45) is 6.25. The van der Waals surface area contributed by atoms with Crippen molar-refractivity contribution < 1.29 is 9.53 Å². The van der Waals surface area contributed by atoms with Gasteiger partial charge in [0.1, 0.15) is 5.75 Å². The van der Waals surface area contributed by atoms with Crippen molar-refractivity contribution in [2.75, 3.05) is 0 Å². The first kappa shape index (κ1) is 14.6. The van der Waals surface area contributed by atoms with Gasteiger partial charge in [-0.25, -0.2) is 0 Å². The molecule has 0 aromatic heterocycles.